The number of carbonyl (C=O) groups excluding carboxylic acids is 1. The maximum atomic E-state index is 12.0. The standard InChI is InChI=1S/C8H7F3N2OS/c9-8(10,11)15-6-3-1-2-5(4-6)13-7(12)14/h1-4H,(H3,12,13,14). The van der Waals surface area contributed by atoms with Gasteiger partial charge >= 0.3 is 11.5 Å². The lowest BCUT2D eigenvalue weighted by molar-refractivity contribution is -0.0328. The fourth-order valence-corrected chi connectivity index (χ4v) is 1.51. The number of nitrogens with two attached hydrogens (primary N) is 1. The minimum absolute atomic E-state index is 0.00579. The van der Waals surface area contributed by atoms with E-state index in [-0.39, 0.29) is 22.3 Å². The largest absolute Gasteiger partial charge is 0.446 e. The van der Waals surface area contributed by atoms with Gasteiger partial charge in [-0.15, -0.1) is 0 Å². The van der Waals surface area contributed by atoms with E-state index in [1.807, 2.05) is 0 Å². The van der Waals surface area contributed by atoms with Crippen LogP contribution < -0.4 is 11.1 Å². The minimum Gasteiger partial charge on any atom is -0.351 e. The first-order valence-electron chi connectivity index (χ1n) is 3.79. The SMILES string of the molecule is NC(=O)Nc1cccc(SC(F)(F)F)c1. The number of urea groups is 1. The molecule has 0 saturated heterocycles. The highest BCUT2D eigenvalue weighted by atomic mass is 32.2. The highest BCUT2D eigenvalue weighted by molar-refractivity contribution is 8.00. The number of anilines is 1. The van der Waals surface area contributed by atoms with Crippen LogP contribution in [0.4, 0.5) is 23.7 Å². The molecule has 0 unspecified atom stereocenters. The van der Waals surface area contributed by atoms with E-state index in [4.69, 9.17) is 5.73 Å². The lowest BCUT2D eigenvalue weighted by Crippen LogP contribution is -2.19. The molecule has 0 fully saturated rings. The average molecular weight is 236 g/mol. The third-order valence-corrected chi connectivity index (χ3v) is 2.06. The molecular formula is C8H7F3N2OS. The van der Waals surface area contributed by atoms with Crippen molar-refractivity contribution < 1.29 is 18.0 Å². The normalized spacial score (nSPS) is 11.1. The van der Waals surface area contributed by atoms with E-state index in [0.717, 1.165) is 0 Å². The van der Waals surface area contributed by atoms with Crippen molar-refractivity contribution in [2.45, 2.75) is 10.4 Å². The molecule has 0 aliphatic heterocycles. The maximum absolute atomic E-state index is 12.0. The molecular weight excluding hydrogens is 229 g/mol. The molecule has 0 heterocycles. The van der Waals surface area contributed by atoms with Crippen LogP contribution in [0, 0.1) is 0 Å². The number of primary amides is 1. The Labute approximate surface area is 87.8 Å². The van der Waals surface area contributed by atoms with Crippen molar-refractivity contribution in [3.8, 4) is 0 Å². The van der Waals surface area contributed by atoms with Crippen LogP contribution in [0.1, 0.15) is 0 Å². The van der Waals surface area contributed by atoms with Gasteiger partial charge in [-0.1, -0.05) is 6.07 Å². The van der Waals surface area contributed by atoms with Crippen LogP contribution in [0.3, 0.4) is 0 Å². The predicted molar refractivity (Wildman–Crippen MR) is 51.6 cm³/mol. The molecule has 82 valence electrons. The van der Waals surface area contributed by atoms with Crippen LogP contribution >= 0.6 is 11.8 Å². The molecule has 0 saturated carbocycles. The van der Waals surface area contributed by atoms with Crippen molar-refractivity contribution >= 4 is 23.5 Å². The number of benzene rings is 1. The van der Waals surface area contributed by atoms with Crippen LogP contribution in [0.15, 0.2) is 29.2 Å². The molecule has 1 aromatic rings. The van der Waals surface area contributed by atoms with Crippen LogP contribution in [-0.4, -0.2) is 11.5 Å². The van der Waals surface area contributed by atoms with Crippen LogP contribution in [0.25, 0.3) is 0 Å². The van der Waals surface area contributed by atoms with E-state index in [0.29, 0.717) is 0 Å². The van der Waals surface area contributed by atoms with Gasteiger partial charge in [-0.3, -0.25) is 0 Å². The fraction of sp³-hybridized carbons (Fsp3) is 0.125. The third-order valence-electron chi connectivity index (χ3n) is 1.34. The zero-order valence-electron chi connectivity index (χ0n) is 7.34. The Morgan fingerprint density at radius 1 is 1.40 bits per heavy atom. The van der Waals surface area contributed by atoms with Crippen molar-refractivity contribution in [2.75, 3.05) is 5.32 Å². The highest BCUT2D eigenvalue weighted by Crippen LogP contribution is 2.37. The summed E-state index contributed by atoms with van der Waals surface area (Å²) in [6.07, 6.45) is 0. The third kappa shape index (κ3) is 4.59. The first-order valence-corrected chi connectivity index (χ1v) is 4.61. The average Bonchev–Trinajstić information content (AvgIpc) is 1.99. The number of alkyl halides is 3. The Hall–Kier alpha value is -1.37. The lowest BCUT2D eigenvalue weighted by Gasteiger charge is -2.07. The van der Waals surface area contributed by atoms with Crippen molar-refractivity contribution in [2.24, 2.45) is 5.73 Å². The summed E-state index contributed by atoms with van der Waals surface area (Å²) in [6, 6.07) is 4.53. The predicted octanol–water partition coefficient (Wildman–Crippen LogP) is 2.79. The maximum Gasteiger partial charge on any atom is 0.446 e. The summed E-state index contributed by atoms with van der Waals surface area (Å²) in [5, 5.41) is 2.19. The van der Waals surface area contributed by atoms with Gasteiger partial charge < -0.3 is 11.1 Å². The smallest absolute Gasteiger partial charge is 0.351 e. The summed E-state index contributed by atoms with van der Waals surface area (Å²) in [7, 11) is 0. The van der Waals surface area contributed by atoms with Crippen molar-refractivity contribution in [3.63, 3.8) is 0 Å². The topological polar surface area (TPSA) is 55.1 Å². The minimum atomic E-state index is -4.34. The number of nitrogens with one attached hydrogen (secondary N) is 1. The van der Waals surface area contributed by atoms with Crippen molar-refractivity contribution in [1.29, 1.82) is 0 Å². The first-order chi connectivity index (χ1) is 6.87. The van der Waals surface area contributed by atoms with Gasteiger partial charge in [0, 0.05) is 10.6 Å². The molecule has 0 spiro atoms. The van der Waals surface area contributed by atoms with Crippen LogP contribution in [-0.2, 0) is 0 Å². The van der Waals surface area contributed by atoms with E-state index < -0.39 is 11.5 Å². The Balaban J connectivity index is 2.79. The second-order valence-electron chi connectivity index (χ2n) is 2.56. The Bertz CT molecular complexity index is 367. The summed E-state index contributed by atoms with van der Waals surface area (Å²) < 4.78 is 36.0. The molecule has 0 radical (unpaired) electrons. The summed E-state index contributed by atoms with van der Waals surface area (Å²) in [5.74, 6) is 0. The lowest BCUT2D eigenvalue weighted by atomic mass is 10.3. The molecule has 1 rings (SSSR count). The van der Waals surface area contributed by atoms with Gasteiger partial charge in [-0.2, -0.15) is 13.2 Å². The fourth-order valence-electron chi connectivity index (χ4n) is 0.913. The summed E-state index contributed by atoms with van der Waals surface area (Å²) in [4.78, 5) is 10.4. The number of thioether (sulfide) groups is 1. The van der Waals surface area contributed by atoms with Gasteiger partial charge in [0.2, 0.25) is 0 Å². The summed E-state index contributed by atoms with van der Waals surface area (Å²) in [6.45, 7) is 0. The number of rotatable bonds is 2. The molecule has 0 atom stereocenters. The zero-order chi connectivity index (χ0) is 11.5. The summed E-state index contributed by atoms with van der Waals surface area (Å²) in [5.41, 5.74) is 0.714. The van der Waals surface area contributed by atoms with E-state index in [2.05, 4.69) is 5.32 Å². The number of hydrogen-bond donors (Lipinski definition) is 2. The van der Waals surface area contributed by atoms with Gasteiger partial charge in [-0.25, -0.2) is 4.79 Å². The van der Waals surface area contributed by atoms with Gasteiger partial charge in [0.15, 0.2) is 0 Å². The van der Waals surface area contributed by atoms with E-state index >= 15 is 0 Å². The van der Waals surface area contributed by atoms with Crippen LogP contribution in [0.5, 0.6) is 0 Å². The molecule has 15 heavy (non-hydrogen) atoms. The molecule has 3 nitrogen and oxygen atoms in total. The Morgan fingerprint density at radius 2 is 2.07 bits per heavy atom. The van der Waals surface area contributed by atoms with Gasteiger partial charge in [0.05, 0.1) is 0 Å². The number of halogens is 3. The van der Waals surface area contributed by atoms with Gasteiger partial charge in [-0.05, 0) is 30.0 Å². The van der Waals surface area contributed by atoms with E-state index in [1.165, 1.54) is 24.3 Å². The Morgan fingerprint density at radius 3 is 2.60 bits per heavy atom. The van der Waals surface area contributed by atoms with Gasteiger partial charge in [0.1, 0.15) is 0 Å². The molecule has 0 bridgehead atoms. The molecule has 2 amide bonds. The highest BCUT2D eigenvalue weighted by Gasteiger charge is 2.29. The van der Waals surface area contributed by atoms with Crippen molar-refractivity contribution in [3.05, 3.63) is 24.3 Å². The molecule has 0 aromatic heterocycles. The zero-order valence-corrected chi connectivity index (χ0v) is 8.15. The van der Waals surface area contributed by atoms with E-state index in [1.54, 1.807) is 0 Å². The van der Waals surface area contributed by atoms with Crippen LogP contribution in [0.2, 0.25) is 0 Å². The molecule has 0 aliphatic rings. The first kappa shape index (κ1) is 11.7. The molecule has 7 heteroatoms. The summed E-state index contributed by atoms with van der Waals surface area (Å²) >= 11 is -0.250. The van der Waals surface area contributed by atoms with Gasteiger partial charge in [0.25, 0.3) is 0 Å². The number of hydrogen-bond acceptors (Lipinski definition) is 2. The number of amides is 2. The van der Waals surface area contributed by atoms with E-state index in [9.17, 15) is 18.0 Å². The van der Waals surface area contributed by atoms with Crippen molar-refractivity contribution in [1.82, 2.24) is 0 Å². The molecule has 1 aromatic carbocycles. The number of carbonyl (C=O) groups is 1. The monoisotopic (exact) mass is 236 g/mol. The molecule has 3 N–H and O–H groups in total. The Kier molecular flexibility index (Phi) is 3.46. The molecule has 0 aliphatic carbocycles. The quantitative estimate of drug-likeness (QED) is 0.776. The second-order valence-corrected chi connectivity index (χ2v) is 3.70. The second kappa shape index (κ2) is 4.43.